The van der Waals surface area contributed by atoms with Gasteiger partial charge in [0.1, 0.15) is 0 Å². The predicted molar refractivity (Wildman–Crippen MR) is 100 cm³/mol. The molecule has 1 saturated heterocycles. The summed E-state index contributed by atoms with van der Waals surface area (Å²) in [6.07, 6.45) is 5.79. The van der Waals surface area contributed by atoms with E-state index < -0.39 is 0 Å². The van der Waals surface area contributed by atoms with E-state index in [4.69, 9.17) is 16.3 Å². The highest BCUT2D eigenvalue weighted by Crippen LogP contribution is 2.36. The molecule has 1 aliphatic carbocycles. The highest BCUT2D eigenvalue weighted by Gasteiger charge is 2.29. The van der Waals surface area contributed by atoms with Crippen molar-refractivity contribution in [3.63, 3.8) is 0 Å². The molecule has 2 heterocycles. The number of benzene rings is 1. The number of hydrogen-bond acceptors (Lipinski definition) is 4. The normalized spacial score (nSPS) is 20.8. The van der Waals surface area contributed by atoms with Gasteiger partial charge in [-0.05, 0) is 37.1 Å². The number of amides is 1. The molecule has 0 radical (unpaired) electrons. The summed E-state index contributed by atoms with van der Waals surface area (Å²) >= 11 is 6.19. The van der Waals surface area contributed by atoms with Crippen LogP contribution < -0.4 is 10.2 Å². The van der Waals surface area contributed by atoms with Crippen LogP contribution in [0.15, 0.2) is 41.6 Å². The molecule has 1 aromatic carbocycles. The maximum absolute atomic E-state index is 13.2. The van der Waals surface area contributed by atoms with Crippen LogP contribution in [0.3, 0.4) is 0 Å². The summed E-state index contributed by atoms with van der Waals surface area (Å²) in [5.74, 6) is 0.0983. The molecule has 0 saturated carbocycles. The van der Waals surface area contributed by atoms with E-state index in [0.717, 1.165) is 68.3 Å². The monoisotopic (exact) mass is 359 g/mol. The molecule has 5 nitrogen and oxygen atoms in total. The molecule has 1 fully saturated rings. The van der Waals surface area contributed by atoms with Crippen LogP contribution in [0.2, 0.25) is 5.02 Å². The van der Waals surface area contributed by atoms with Crippen molar-refractivity contribution in [2.45, 2.75) is 12.8 Å². The average Bonchev–Trinajstić information content (AvgIpc) is 2.75. The van der Waals surface area contributed by atoms with Crippen LogP contribution in [0.5, 0.6) is 0 Å². The van der Waals surface area contributed by atoms with E-state index in [-0.39, 0.29) is 5.91 Å². The number of allylic oxidation sites excluding steroid dienone is 2. The third-order valence-electron chi connectivity index (χ3n) is 4.94. The van der Waals surface area contributed by atoms with Gasteiger partial charge in [-0.15, -0.1) is 0 Å². The predicted octanol–water partition coefficient (Wildman–Crippen LogP) is 3.03. The Morgan fingerprint density at radius 3 is 2.88 bits per heavy atom. The van der Waals surface area contributed by atoms with Gasteiger partial charge in [0.25, 0.3) is 5.91 Å². The topological polar surface area (TPSA) is 44.8 Å². The fourth-order valence-corrected chi connectivity index (χ4v) is 3.72. The second-order valence-corrected chi connectivity index (χ2v) is 6.97. The summed E-state index contributed by atoms with van der Waals surface area (Å²) in [7, 11) is 0. The van der Waals surface area contributed by atoms with Crippen LogP contribution in [0.25, 0.3) is 0 Å². The first-order chi connectivity index (χ1) is 12.2. The van der Waals surface area contributed by atoms with Crippen molar-refractivity contribution < 1.29 is 9.53 Å². The lowest BCUT2D eigenvalue weighted by Crippen LogP contribution is -2.43. The van der Waals surface area contributed by atoms with Gasteiger partial charge in [0.15, 0.2) is 0 Å². The summed E-state index contributed by atoms with van der Waals surface area (Å²) in [4.78, 5) is 17.5. The number of carbonyl (C=O) groups excluding carboxylic acids is 1. The third kappa shape index (κ3) is 3.45. The van der Waals surface area contributed by atoms with Gasteiger partial charge in [-0.2, -0.15) is 0 Å². The standard InChI is InChI=1S/C19H22ClN3O2/c20-14-5-6-18-17(13-14)21-16-4-2-1-3-15(16)19(24)23(18)8-7-22-9-11-25-12-10-22/h2,4-6,13,21H,1,3,7-12H2. The van der Waals surface area contributed by atoms with E-state index >= 15 is 0 Å². The van der Waals surface area contributed by atoms with E-state index in [1.54, 1.807) is 0 Å². The molecule has 0 atom stereocenters. The van der Waals surface area contributed by atoms with Crippen LogP contribution in [0.4, 0.5) is 11.4 Å². The second-order valence-electron chi connectivity index (χ2n) is 6.53. The lowest BCUT2D eigenvalue weighted by Gasteiger charge is -2.30. The lowest BCUT2D eigenvalue weighted by atomic mass is 10.0. The van der Waals surface area contributed by atoms with Gasteiger partial charge in [0.2, 0.25) is 0 Å². The number of fused-ring (bicyclic) bond motifs is 1. The Morgan fingerprint density at radius 2 is 2.04 bits per heavy atom. The van der Waals surface area contributed by atoms with Gasteiger partial charge in [-0.1, -0.05) is 17.7 Å². The van der Waals surface area contributed by atoms with Crippen molar-refractivity contribution in [2.24, 2.45) is 0 Å². The molecule has 25 heavy (non-hydrogen) atoms. The van der Waals surface area contributed by atoms with Crippen molar-refractivity contribution in [3.05, 3.63) is 46.6 Å². The molecule has 2 aliphatic heterocycles. The van der Waals surface area contributed by atoms with Gasteiger partial charge in [-0.25, -0.2) is 0 Å². The number of morpholine rings is 1. The van der Waals surface area contributed by atoms with Crippen molar-refractivity contribution in [2.75, 3.05) is 49.6 Å². The largest absolute Gasteiger partial charge is 0.379 e. The summed E-state index contributed by atoms with van der Waals surface area (Å²) in [6, 6.07) is 5.67. The maximum Gasteiger partial charge on any atom is 0.256 e. The zero-order valence-electron chi connectivity index (χ0n) is 14.1. The molecule has 132 valence electrons. The minimum absolute atomic E-state index is 0.0983. The highest BCUT2D eigenvalue weighted by atomic mass is 35.5. The van der Waals surface area contributed by atoms with Crippen LogP contribution in [-0.4, -0.2) is 50.2 Å². The first-order valence-corrected chi connectivity index (χ1v) is 9.18. The summed E-state index contributed by atoms with van der Waals surface area (Å²) in [5, 5.41) is 4.08. The van der Waals surface area contributed by atoms with E-state index in [0.29, 0.717) is 11.6 Å². The molecule has 1 amide bonds. The molecule has 0 aromatic heterocycles. The minimum Gasteiger partial charge on any atom is -0.379 e. The lowest BCUT2D eigenvalue weighted by molar-refractivity contribution is -0.115. The molecule has 0 spiro atoms. The van der Waals surface area contributed by atoms with Gasteiger partial charge >= 0.3 is 0 Å². The number of rotatable bonds is 3. The first kappa shape index (κ1) is 16.6. The quantitative estimate of drug-likeness (QED) is 0.901. The van der Waals surface area contributed by atoms with Crippen LogP contribution >= 0.6 is 11.6 Å². The smallest absolute Gasteiger partial charge is 0.256 e. The molecule has 3 aliphatic rings. The number of hydrogen-bond donors (Lipinski definition) is 1. The van der Waals surface area contributed by atoms with Gasteiger partial charge in [0.05, 0.1) is 24.6 Å². The van der Waals surface area contributed by atoms with Crippen molar-refractivity contribution in [3.8, 4) is 0 Å². The van der Waals surface area contributed by atoms with Gasteiger partial charge < -0.3 is 15.0 Å². The van der Waals surface area contributed by atoms with Crippen molar-refractivity contribution in [1.82, 2.24) is 4.90 Å². The second kappa shape index (κ2) is 7.20. The molecule has 6 heteroatoms. The molecular formula is C19H22ClN3O2. The Balaban J connectivity index is 1.64. The van der Waals surface area contributed by atoms with E-state index in [1.165, 1.54) is 0 Å². The maximum atomic E-state index is 13.2. The number of nitrogens with one attached hydrogen (secondary N) is 1. The molecular weight excluding hydrogens is 338 g/mol. The Bertz CT molecular complexity index is 738. The van der Waals surface area contributed by atoms with Crippen LogP contribution in [0, 0.1) is 0 Å². The fraction of sp³-hybridized carbons (Fsp3) is 0.421. The average molecular weight is 360 g/mol. The molecule has 1 aromatic rings. The summed E-state index contributed by atoms with van der Waals surface area (Å²) < 4.78 is 5.41. The number of anilines is 2. The molecule has 0 bridgehead atoms. The fourth-order valence-electron chi connectivity index (χ4n) is 3.55. The van der Waals surface area contributed by atoms with E-state index in [1.807, 2.05) is 29.2 Å². The SMILES string of the molecule is O=C1C2=C(C=CCC2)Nc2cc(Cl)ccc2N1CCN1CCOCC1. The number of nitrogens with zero attached hydrogens (tertiary/aromatic N) is 2. The Hall–Kier alpha value is -1.82. The zero-order valence-corrected chi connectivity index (χ0v) is 14.9. The Kier molecular flexibility index (Phi) is 4.79. The first-order valence-electron chi connectivity index (χ1n) is 8.80. The van der Waals surface area contributed by atoms with Crippen molar-refractivity contribution in [1.29, 1.82) is 0 Å². The summed E-state index contributed by atoms with van der Waals surface area (Å²) in [6.45, 7) is 4.88. The highest BCUT2D eigenvalue weighted by molar-refractivity contribution is 6.31. The van der Waals surface area contributed by atoms with Gasteiger partial charge in [0, 0.05) is 42.5 Å². The van der Waals surface area contributed by atoms with E-state index in [2.05, 4.69) is 16.3 Å². The third-order valence-corrected chi connectivity index (χ3v) is 5.17. The number of halogens is 1. The number of carbonyl (C=O) groups is 1. The summed E-state index contributed by atoms with van der Waals surface area (Å²) in [5.41, 5.74) is 3.54. The minimum atomic E-state index is 0.0983. The number of ether oxygens (including phenoxy) is 1. The van der Waals surface area contributed by atoms with Crippen LogP contribution in [0.1, 0.15) is 12.8 Å². The Morgan fingerprint density at radius 1 is 1.20 bits per heavy atom. The zero-order chi connectivity index (χ0) is 17.2. The van der Waals surface area contributed by atoms with Gasteiger partial charge in [-0.3, -0.25) is 9.69 Å². The van der Waals surface area contributed by atoms with E-state index in [9.17, 15) is 4.79 Å². The Labute approximate surface area is 152 Å². The molecule has 1 N–H and O–H groups in total. The molecule has 4 rings (SSSR count). The van der Waals surface area contributed by atoms with Crippen LogP contribution in [-0.2, 0) is 9.53 Å². The van der Waals surface area contributed by atoms with Crippen molar-refractivity contribution >= 4 is 28.9 Å². The molecule has 0 unspecified atom stereocenters.